The maximum Gasteiger partial charge on any atom is 0.313 e. The van der Waals surface area contributed by atoms with Crippen molar-refractivity contribution in [2.24, 2.45) is 0 Å². The zero-order valence-corrected chi connectivity index (χ0v) is 11.1. The molecule has 0 fully saturated rings. The fourth-order valence-corrected chi connectivity index (χ4v) is 2.10. The molecular weight excluding hydrogens is 246 g/mol. The van der Waals surface area contributed by atoms with Gasteiger partial charge in [0.05, 0.1) is 17.4 Å². The minimum Gasteiger partial charge on any atom is -0.324 e. The predicted octanol–water partition coefficient (Wildman–Crippen LogP) is 1.68. The lowest BCUT2D eigenvalue weighted by molar-refractivity contribution is -0.383. The summed E-state index contributed by atoms with van der Waals surface area (Å²) in [4.78, 5) is 20.9. The molecule has 102 valence electrons. The molecule has 0 saturated heterocycles. The normalized spacial score (nSPS) is 11.3. The van der Waals surface area contributed by atoms with Gasteiger partial charge in [-0.3, -0.25) is 15.1 Å². The molecule has 0 aliphatic carbocycles. The van der Waals surface area contributed by atoms with Crippen LogP contribution in [0.4, 0.5) is 5.69 Å². The Morgan fingerprint density at radius 3 is 2.74 bits per heavy atom. The lowest BCUT2D eigenvalue weighted by Gasteiger charge is -2.18. The van der Waals surface area contributed by atoms with Gasteiger partial charge in [0.2, 0.25) is 0 Å². The van der Waals surface area contributed by atoms with Crippen LogP contribution < -0.4 is 0 Å². The first-order chi connectivity index (χ1) is 9.17. The van der Waals surface area contributed by atoms with E-state index in [0.717, 1.165) is 19.6 Å². The van der Waals surface area contributed by atoms with Crippen LogP contribution in [0.3, 0.4) is 0 Å². The van der Waals surface area contributed by atoms with Gasteiger partial charge in [0.1, 0.15) is 11.7 Å². The number of likely N-dealkylation sites (N-methyl/N-ethyl adjacent to an activating group) is 1. The summed E-state index contributed by atoms with van der Waals surface area (Å²) >= 11 is 0. The highest BCUT2D eigenvalue weighted by molar-refractivity contribution is 5.83. The van der Waals surface area contributed by atoms with Gasteiger partial charge in [-0.25, -0.2) is 4.98 Å². The standard InChI is InChI=1S/C12H17N5O2/c1-3-15(4-2)5-6-16-9-14-10-7-13-8-11(12(10)16)17(18)19/h7-9H,3-6H2,1-2H3. The third kappa shape index (κ3) is 2.70. The zero-order chi connectivity index (χ0) is 13.8. The van der Waals surface area contributed by atoms with Gasteiger partial charge < -0.3 is 9.47 Å². The van der Waals surface area contributed by atoms with Gasteiger partial charge in [0.15, 0.2) is 5.52 Å². The van der Waals surface area contributed by atoms with E-state index in [9.17, 15) is 10.1 Å². The Morgan fingerprint density at radius 2 is 2.11 bits per heavy atom. The van der Waals surface area contributed by atoms with Crippen LogP contribution in [0.2, 0.25) is 0 Å². The van der Waals surface area contributed by atoms with Crippen molar-refractivity contribution >= 4 is 16.7 Å². The third-order valence-corrected chi connectivity index (χ3v) is 3.25. The monoisotopic (exact) mass is 263 g/mol. The number of rotatable bonds is 6. The van der Waals surface area contributed by atoms with E-state index >= 15 is 0 Å². The molecule has 2 rings (SSSR count). The lowest BCUT2D eigenvalue weighted by Crippen LogP contribution is -2.26. The molecule has 0 aliphatic heterocycles. The number of pyridine rings is 1. The highest BCUT2D eigenvalue weighted by Gasteiger charge is 2.17. The van der Waals surface area contributed by atoms with Crippen LogP contribution in [0.15, 0.2) is 18.7 Å². The van der Waals surface area contributed by atoms with Gasteiger partial charge in [-0.1, -0.05) is 13.8 Å². The third-order valence-electron chi connectivity index (χ3n) is 3.25. The summed E-state index contributed by atoms with van der Waals surface area (Å²) < 4.78 is 1.83. The van der Waals surface area contributed by atoms with Crippen LogP contribution >= 0.6 is 0 Å². The van der Waals surface area contributed by atoms with E-state index in [1.165, 1.54) is 6.20 Å². The van der Waals surface area contributed by atoms with Crippen molar-refractivity contribution in [3.63, 3.8) is 0 Å². The summed E-state index contributed by atoms with van der Waals surface area (Å²) in [6, 6.07) is 0. The Kier molecular flexibility index (Phi) is 4.06. The second kappa shape index (κ2) is 5.75. The first-order valence-electron chi connectivity index (χ1n) is 6.33. The van der Waals surface area contributed by atoms with Crippen LogP contribution in [0.1, 0.15) is 13.8 Å². The summed E-state index contributed by atoms with van der Waals surface area (Å²) in [5.41, 5.74) is 1.12. The molecular formula is C12H17N5O2. The zero-order valence-electron chi connectivity index (χ0n) is 11.1. The topological polar surface area (TPSA) is 77.1 Å². The molecule has 19 heavy (non-hydrogen) atoms. The average Bonchev–Trinajstić information content (AvgIpc) is 2.83. The molecule has 0 spiro atoms. The Balaban J connectivity index is 2.31. The Hall–Kier alpha value is -2.02. The van der Waals surface area contributed by atoms with Crippen molar-refractivity contribution in [2.75, 3.05) is 19.6 Å². The predicted molar refractivity (Wildman–Crippen MR) is 72.0 cm³/mol. The second-order valence-electron chi connectivity index (χ2n) is 4.25. The van der Waals surface area contributed by atoms with Gasteiger partial charge in [-0.15, -0.1) is 0 Å². The van der Waals surface area contributed by atoms with Crippen LogP contribution in [0.5, 0.6) is 0 Å². The quantitative estimate of drug-likeness (QED) is 0.585. The number of aromatic nitrogens is 3. The first-order valence-corrected chi connectivity index (χ1v) is 6.33. The molecule has 0 saturated carbocycles. The number of nitro groups is 1. The number of imidazole rings is 1. The van der Waals surface area contributed by atoms with Gasteiger partial charge in [0, 0.05) is 13.1 Å². The molecule has 0 N–H and O–H groups in total. The largest absolute Gasteiger partial charge is 0.324 e. The van der Waals surface area contributed by atoms with Crippen LogP contribution in [0, 0.1) is 10.1 Å². The van der Waals surface area contributed by atoms with Crippen molar-refractivity contribution in [1.29, 1.82) is 0 Å². The summed E-state index contributed by atoms with van der Waals surface area (Å²) in [5, 5.41) is 11.0. The molecule has 0 amide bonds. The van der Waals surface area contributed by atoms with Crippen LogP contribution in [0.25, 0.3) is 11.0 Å². The Labute approximate surface area is 111 Å². The van der Waals surface area contributed by atoms with E-state index < -0.39 is 4.92 Å². The van der Waals surface area contributed by atoms with Gasteiger partial charge in [0.25, 0.3) is 0 Å². The molecule has 2 aromatic rings. The minimum atomic E-state index is -0.412. The summed E-state index contributed by atoms with van der Waals surface area (Å²) in [6.07, 6.45) is 4.47. The molecule has 0 aromatic carbocycles. The van der Waals surface area contributed by atoms with E-state index in [4.69, 9.17) is 0 Å². The Bertz CT molecular complexity index is 577. The van der Waals surface area contributed by atoms with Gasteiger partial charge >= 0.3 is 5.69 Å². The number of hydrogen-bond donors (Lipinski definition) is 0. The molecule has 7 nitrogen and oxygen atoms in total. The fourth-order valence-electron chi connectivity index (χ4n) is 2.10. The van der Waals surface area contributed by atoms with Gasteiger partial charge in [-0.2, -0.15) is 0 Å². The van der Waals surface area contributed by atoms with E-state index in [1.807, 2.05) is 4.57 Å². The average molecular weight is 263 g/mol. The summed E-state index contributed by atoms with van der Waals surface area (Å²) in [5.74, 6) is 0. The molecule has 0 aliphatic rings. The molecule has 0 unspecified atom stereocenters. The highest BCUT2D eigenvalue weighted by Crippen LogP contribution is 2.23. The van der Waals surface area contributed by atoms with E-state index in [1.54, 1.807) is 12.5 Å². The van der Waals surface area contributed by atoms with Crippen LogP contribution in [-0.4, -0.2) is 44.0 Å². The molecule has 0 radical (unpaired) electrons. The minimum absolute atomic E-state index is 0.00884. The first kappa shape index (κ1) is 13.4. The molecule has 2 aromatic heterocycles. The van der Waals surface area contributed by atoms with Crippen molar-refractivity contribution in [3.8, 4) is 0 Å². The van der Waals surface area contributed by atoms with E-state index in [0.29, 0.717) is 17.6 Å². The number of fused-ring (bicyclic) bond motifs is 1. The molecule has 2 heterocycles. The number of nitrogens with zero attached hydrogens (tertiary/aromatic N) is 5. The second-order valence-corrected chi connectivity index (χ2v) is 4.25. The number of hydrogen-bond acceptors (Lipinski definition) is 5. The van der Waals surface area contributed by atoms with Crippen molar-refractivity contribution in [3.05, 3.63) is 28.8 Å². The molecule has 0 atom stereocenters. The van der Waals surface area contributed by atoms with Gasteiger partial charge in [-0.05, 0) is 13.1 Å². The van der Waals surface area contributed by atoms with Crippen LogP contribution in [-0.2, 0) is 6.54 Å². The van der Waals surface area contributed by atoms with Crippen molar-refractivity contribution in [1.82, 2.24) is 19.4 Å². The maximum absolute atomic E-state index is 11.0. The molecule has 0 bridgehead atoms. The van der Waals surface area contributed by atoms with Crippen molar-refractivity contribution < 1.29 is 4.92 Å². The highest BCUT2D eigenvalue weighted by atomic mass is 16.6. The molecule has 7 heteroatoms. The SMILES string of the molecule is CCN(CC)CCn1cnc2cncc([N+](=O)[O-])c21. The Morgan fingerprint density at radius 1 is 1.37 bits per heavy atom. The fraction of sp³-hybridized carbons (Fsp3) is 0.500. The smallest absolute Gasteiger partial charge is 0.313 e. The summed E-state index contributed by atoms with van der Waals surface area (Å²) in [7, 11) is 0. The lowest BCUT2D eigenvalue weighted by atomic mass is 10.3. The van der Waals surface area contributed by atoms with Crippen molar-refractivity contribution in [2.45, 2.75) is 20.4 Å². The van der Waals surface area contributed by atoms with E-state index in [-0.39, 0.29) is 5.69 Å². The summed E-state index contributed by atoms with van der Waals surface area (Å²) in [6.45, 7) is 7.66. The van der Waals surface area contributed by atoms with E-state index in [2.05, 4.69) is 28.7 Å². The maximum atomic E-state index is 11.0.